The van der Waals surface area contributed by atoms with Gasteiger partial charge in [0.15, 0.2) is 5.96 Å². The number of ether oxygens (including phenoxy) is 2. The number of hydrogen-bond acceptors (Lipinski definition) is 3. The Bertz CT molecular complexity index is 257. The molecule has 1 rings (SSSR count). The molecule has 108 valence electrons. The summed E-state index contributed by atoms with van der Waals surface area (Å²) in [5.41, 5.74) is 5.77. The highest BCUT2D eigenvalue weighted by atomic mass is 127. The Morgan fingerprint density at radius 2 is 2.33 bits per heavy atom. The molecule has 5 nitrogen and oxygen atoms in total. The maximum atomic E-state index is 11.7. The molecular formula is C10H20F2IN3O2. The largest absolute Gasteiger partial charge is 0.375 e. The highest BCUT2D eigenvalue weighted by Gasteiger charge is 2.17. The molecule has 0 aliphatic carbocycles. The van der Waals surface area contributed by atoms with Gasteiger partial charge in [-0.15, -0.1) is 24.0 Å². The number of alkyl halides is 2. The Balaban J connectivity index is 0.00000289. The second-order valence-electron chi connectivity index (χ2n) is 3.83. The van der Waals surface area contributed by atoms with Gasteiger partial charge >= 0.3 is 0 Å². The van der Waals surface area contributed by atoms with Crippen molar-refractivity contribution >= 4 is 29.9 Å². The van der Waals surface area contributed by atoms with E-state index < -0.39 is 13.0 Å². The van der Waals surface area contributed by atoms with Crippen molar-refractivity contribution in [1.82, 2.24) is 4.90 Å². The highest BCUT2D eigenvalue weighted by molar-refractivity contribution is 14.0. The fourth-order valence-electron chi connectivity index (χ4n) is 1.52. The van der Waals surface area contributed by atoms with Gasteiger partial charge in [0, 0.05) is 13.1 Å². The van der Waals surface area contributed by atoms with Gasteiger partial charge < -0.3 is 20.1 Å². The van der Waals surface area contributed by atoms with Gasteiger partial charge in [-0.25, -0.2) is 8.78 Å². The molecule has 0 aromatic carbocycles. The average molecular weight is 379 g/mol. The third-order valence-corrected chi connectivity index (χ3v) is 2.32. The van der Waals surface area contributed by atoms with Crippen molar-refractivity contribution in [2.45, 2.75) is 19.5 Å². The second-order valence-corrected chi connectivity index (χ2v) is 3.83. The molecule has 0 bridgehead atoms. The van der Waals surface area contributed by atoms with Crippen molar-refractivity contribution in [3.63, 3.8) is 0 Å². The molecule has 1 aliphatic rings. The maximum absolute atomic E-state index is 11.7. The SMILES string of the molecule is CC1CN(C(N)=NCCOCC(F)F)CCO1.I. The Morgan fingerprint density at radius 3 is 2.94 bits per heavy atom. The third-order valence-electron chi connectivity index (χ3n) is 2.32. The fraction of sp³-hybridized carbons (Fsp3) is 0.900. The maximum Gasteiger partial charge on any atom is 0.261 e. The van der Waals surface area contributed by atoms with E-state index >= 15 is 0 Å². The molecule has 0 aromatic rings. The van der Waals surface area contributed by atoms with Crippen molar-refractivity contribution in [2.75, 3.05) is 39.5 Å². The molecule has 0 aromatic heterocycles. The first-order valence-corrected chi connectivity index (χ1v) is 5.62. The van der Waals surface area contributed by atoms with Crippen LogP contribution in [0.5, 0.6) is 0 Å². The minimum atomic E-state index is -2.43. The lowest BCUT2D eigenvalue weighted by Crippen LogP contribution is -2.48. The number of morpholine rings is 1. The number of guanidine groups is 1. The van der Waals surface area contributed by atoms with Crippen molar-refractivity contribution in [3.8, 4) is 0 Å². The summed E-state index contributed by atoms with van der Waals surface area (Å²) in [4.78, 5) is 5.99. The first-order valence-electron chi connectivity index (χ1n) is 5.62. The van der Waals surface area contributed by atoms with Crippen LogP contribution in [0.15, 0.2) is 4.99 Å². The number of aliphatic imine (C=N–C) groups is 1. The van der Waals surface area contributed by atoms with Crippen LogP contribution < -0.4 is 5.73 Å². The van der Waals surface area contributed by atoms with Gasteiger partial charge in [0.1, 0.15) is 6.61 Å². The highest BCUT2D eigenvalue weighted by Crippen LogP contribution is 2.03. The molecule has 1 unspecified atom stereocenters. The molecule has 1 saturated heterocycles. The van der Waals surface area contributed by atoms with Crippen LogP contribution in [-0.2, 0) is 9.47 Å². The van der Waals surface area contributed by atoms with Crippen LogP contribution >= 0.6 is 24.0 Å². The standard InChI is InChI=1S/C10H19F2N3O2.HI/c1-8-6-15(3-5-17-8)10(13)14-2-4-16-7-9(11)12;/h8-9H,2-7H2,1H3,(H2,13,14);1H. The van der Waals surface area contributed by atoms with Crippen molar-refractivity contribution in [1.29, 1.82) is 0 Å². The van der Waals surface area contributed by atoms with Gasteiger partial charge in [-0.2, -0.15) is 0 Å². The molecule has 18 heavy (non-hydrogen) atoms. The summed E-state index contributed by atoms with van der Waals surface area (Å²) in [7, 11) is 0. The molecule has 0 radical (unpaired) electrons. The van der Waals surface area contributed by atoms with Crippen LogP contribution in [0.1, 0.15) is 6.92 Å². The van der Waals surface area contributed by atoms with E-state index in [1.54, 1.807) is 0 Å². The van der Waals surface area contributed by atoms with Crippen LogP contribution in [0.3, 0.4) is 0 Å². The first kappa shape index (κ1) is 17.8. The molecule has 1 atom stereocenters. The van der Waals surface area contributed by atoms with Crippen molar-refractivity contribution < 1.29 is 18.3 Å². The Labute approximate surface area is 123 Å². The van der Waals surface area contributed by atoms with Crippen LogP contribution in [0.25, 0.3) is 0 Å². The number of hydrogen-bond donors (Lipinski definition) is 1. The summed E-state index contributed by atoms with van der Waals surface area (Å²) < 4.78 is 33.6. The molecule has 1 fully saturated rings. The minimum Gasteiger partial charge on any atom is -0.375 e. The molecule has 0 spiro atoms. The monoisotopic (exact) mass is 379 g/mol. The van der Waals surface area contributed by atoms with Gasteiger partial charge in [-0.3, -0.25) is 4.99 Å². The zero-order valence-corrected chi connectivity index (χ0v) is 12.7. The van der Waals surface area contributed by atoms with E-state index in [4.69, 9.17) is 15.2 Å². The average Bonchev–Trinajstić information content (AvgIpc) is 2.28. The van der Waals surface area contributed by atoms with Gasteiger partial charge in [-0.1, -0.05) is 0 Å². The predicted octanol–water partition coefficient (Wildman–Crippen LogP) is 0.921. The van der Waals surface area contributed by atoms with Crippen LogP contribution in [0.4, 0.5) is 8.78 Å². The summed E-state index contributed by atoms with van der Waals surface area (Å²) in [6.45, 7) is 3.90. The van der Waals surface area contributed by atoms with Gasteiger partial charge in [0.25, 0.3) is 6.43 Å². The number of halogens is 3. The topological polar surface area (TPSA) is 60.1 Å². The Morgan fingerprint density at radius 1 is 1.61 bits per heavy atom. The number of nitrogens with two attached hydrogens (primary N) is 1. The van der Waals surface area contributed by atoms with E-state index in [9.17, 15) is 8.78 Å². The van der Waals surface area contributed by atoms with Crippen molar-refractivity contribution in [3.05, 3.63) is 0 Å². The molecule has 0 saturated carbocycles. The lowest BCUT2D eigenvalue weighted by Gasteiger charge is -2.31. The molecule has 1 aliphatic heterocycles. The quantitative estimate of drug-likeness (QED) is 0.334. The third kappa shape index (κ3) is 7.27. The normalized spacial score (nSPS) is 21.0. The Hall–Kier alpha value is -0.220. The zero-order chi connectivity index (χ0) is 12.7. The molecule has 0 amide bonds. The van der Waals surface area contributed by atoms with Crippen LogP contribution in [0, 0.1) is 0 Å². The van der Waals surface area contributed by atoms with E-state index in [2.05, 4.69) is 4.99 Å². The summed E-state index contributed by atoms with van der Waals surface area (Å²) in [6.07, 6.45) is -2.30. The molecule has 8 heteroatoms. The smallest absolute Gasteiger partial charge is 0.261 e. The van der Waals surface area contributed by atoms with Crippen LogP contribution in [0.2, 0.25) is 0 Å². The van der Waals surface area contributed by atoms with E-state index in [0.717, 1.165) is 0 Å². The van der Waals surface area contributed by atoms with Gasteiger partial charge in [-0.05, 0) is 6.92 Å². The van der Waals surface area contributed by atoms with Gasteiger partial charge in [0.2, 0.25) is 0 Å². The second kappa shape index (κ2) is 9.68. The van der Waals surface area contributed by atoms with E-state index in [1.807, 2.05) is 11.8 Å². The molecular weight excluding hydrogens is 359 g/mol. The van der Waals surface area contributed by atoms with E-state index in [1.165, 1.54) is 0 Å². The van der Waals surface area contributed by atoms with Crippen molar-refractivity contribution in [2.24, 2.45) is 10.7 Å². The fourth-order valence-corrected chi connectivity index (χ4v) is 1.52. The predicted molar refractivity (Wildman–Crippen MR) is 75.7 cm³/mol. The lowest BCUT2D eigenvalue weighted by atomic mass is 10.3. The summed E-state index contributed by atoms with van der Waals surface area (Å²) >= 11 is 0. The first-order chi connectivity index (χ1) is 8.09. The minimum absolute atomic E-state index is 0. The van der Waals surface area contributed by atoms with Crippen LogP contribution in [-0.4, -0.2) is 62.8 Å². The number of nitrogens with zero attached hydrogens (tertiary/aromatic N) is 2. The van der Waals surface area contributed by atoms with E-state index in [-0.39, 0.29) is 36.7 Å². The summed E-state index contributed by atoms with van der Waals surface area (Å²) in [5, 5.41) is 0. The summed E-state index contributed by atoms with van der Waals surface area (Å²) in [5.74, 6) is 0.417. The summed E-state index contributed by atoms with van der Waals surface area (Å²) in [6, 6.07) is 0. The van der Waals surface area contributed by atoms with Gasteiger partial charge in [0.05, 0.1) is 25.9 Å². The zero-order valence-electron chi connectivity index (χ0n) is 10.3. The number of rotatable bonds is 5. The molecule has 2 N–H and O–H groups in total. The Kier molecular flexibility index (Phi) is 9.56. The lowest BCUT2D eigenvalue weighted by molar-refractivity contribution is 0.00496. The molecule has 1 heterocycles. The van der Waals surface area contributed by atoms with E-state index in [0.29, 0.717) is 32.2 Å².